The van der Waals surface area contributed by atoms with Crippen molar-refractivity contribution in [2.75, 3.05) is 25.1 Å². The second kappa shape index (κ2) is 6.87. The van der Waals surface area contributed by atoms with E-state index >= 15 is 0 Å². The van der Waals surface area contributed by atoms with Gasteiger partial charge in [0, 0.05) is 24.7 Å². The van der Waals surface area contributed by atoms with E-state index in [2.05, 4.69) is 31.0 Å². The third kappa shape index (κ3) is 4.86. The molecule has 0 aromatic rings. The van der Waals surface area contributed by atoms with E-state index in [-0.39, 0.29) is 6.04 Å². The highest BCUT2D eigenvalue weighted by molar-refractivity contribution is 7.91. The van der Waals surface area contributed by atoms with Gasteiger partial charge in [-0.25, -0.2) is 8.42 Å². The molecule has 1 aliphatic rings. The van der Waals surface area contributed by atoms with Crippen molar-refractivity contribution in [3.63, 3.8) is 0 Å². The molecule has 3 atom stereocenters. The summed E-state index contributed by atoms with van der Waals surface area (Å²) >= 11 is 0. The van der Waals surface area contributed by atoms with Gasteiger partial charge >= 0.3 is 0 Å². The maximum Gasteiger partial charge on any atom is 0.151 e. The Morgan fingerprint density at radius 2 is 2.06 bits per heavy atom. The molecule has 1 heterocycles. The lowest BCUT2D eigenvalue weighted by atomic mass is 10.1. The summed E-state index contributed by atoms with van der Waals surface area (Å²) in [6.45, 7) is 7.48. The zero-order valence-corrected chi connectivity index (χ0v) is 13.0. The second-order valence-electron chi connectivity index (χ2n) is 5.67. The molecule has 0 amide bonds. The van der Waals surface area contributed by atoms with Crippen LogP contribution in [0.3, 0.4) is 0 Å². The third-order valence-corrected chi connectivity index (χ3v) is 5.71. The first-order valence-corrected chi connectivity index (χ1v) is 8.83. The molecule has 0 bridgehead atoms. The molecule has 18 heavy (non-hydrogen) atoms. The Hall–Kier alpha value is -0.130. The van der Waals surface area contributed by atoms with Crippen molar-refractivity contribution >= 4 is 9.84 Å². The quantitative estimate of drug-likeness (QED) is 0.761. The van der Waals surface area contributed by atoms with Crippen LogP contribution in [0.4, 0.5) is 0 Å². The third-order valence-electron chi connectivity index (χ3n) is 3.96. The van der Waals surface area contributed by atoms with Gasteiger partial charge in [0.1, 0.15) is 0 Å². The molecule has 1 N–H and O–H groups in total. The molecule has 4 nitrogen and oxygen atoms in total. The first kappa shape index (κ1) is 15.9. The summed E-state index contributed by atoms with van der Waals surface area (Å²) in [6.07, 6.45) is 3.17. The fourth-order valence-electron chi connectivity index (χ4n) is 2.51. The van der Waals surface area contributed by atoms with Gasteiger partial charge in [-0.05, 0) is 33.7 Å². The van der Waals surface area contributed by atoms with Crippen LogP contribution in [0.2, 0.25) is 0 Å². The predicted molar refractivity (Wildman–Crippen MR) is 76.7 cm³/mol. The van der Waals surface area contributed by atoms with E-state index in [0.29, 0.717) is 23.6 Å². The first-order chi connectivity index (χ1) is 8.35. The molecule has 0 aromatic heterocycles. The minimum Gasteiger partial charge on any atom is -0.313 e. The number of rotatable bonds is 7. The maximum atomic E-state index is 11.5. The average Bonchev–Trinajstić information content (AvgIpc) is 2.66. The molecule has 0 saturated carbocycles. The van der Waals surface area contributed by atoms with Gasteiger partial charge in [0.05, 0.1) is 11.5 Å². The van der Waals surface area contributed by atoms with Gasteiger partial charge in [0.15, 0.2) is 9.84 Å². The minimum atomic E-state index is -2.78. The Morgan fingerprint density at radius 3 is 2.56 bits per heavy atom. The van der Waals surface area contributed by atoms with Crippen molar-refractivity contribution in [1.82, 2.24) is 10.2 Å². The van der Waals surface area contributed by atoms with Gasteiger partial charge in [-0.15, -0.1) is 0 Å². The molecular weight excluding hydrogens is 248 g/mol. The van der Waals surface area contributed by atoms with E-state index in [1.165, 1.54) is 12.8 Å². The highest BCUT2D eigenvalue weighted by atomic mass is 32.2. The maximum absolute atomic E-state index is 11.5. The normalized spacial score (nSPS) is 26.4. The van der Waals surface area contributed by atoms with Gasteiger partial charge in [-0.3, -0.25) is 4.90 Å². The lowest BCUT2D eigenvalue weighted by molar-refractivity contribution is 0.191. The summed E-state index contributed by atoms with van der Waals surface area (Å²) in [5, 5.41) is 3.52. The lowest BCUT2D eigenvalue weighted by Gasteiger charge is -2.31. The van der Waals surface area contributed by atoms with E-state index in [1.54, 1.807) is 0 Å². The molecule has 1 saturated heterocycles. The second-order valence-corrected chi connectivity index (χ2v) is 7.90. The Balaban J connectivity index is 2.35. The first-order valence-electron chi connectivity index (χ1n) is 7.01. The van der Waals surface area contributed by atoms with Crippen LogP contribution in [-0.2, 0) is 9.84 Å². The van der Waals surface area contributed by atoms with Gasteiger partial charge in [-0.1, -0.05) is 13.3 Å². The smallest absolute Gasteiger partial charge is 0.151 e. The number of hydrogen-bond donors (Lipinski definition) is 1. The summed E-state index contributed by atoms with van der Waals surface area (Å²) in [5.41, 5.74) is 0. The highest BCUT2D eigenvalue weighted by Crippen LogP contribution is 2.18. The monoisotopic (exact) mass is 276 g/mol. The van der Waals surface area contributed by atoms with Crippen LogP contribution >= 0.6 is 0 Å². The SMILES string of the molecule is CCCC(C)NCC(C)N(C)C1CCS(=O)(=O)C1. The van der Waals surface area contributed by atoms with Gasteiger partial charge in [-0.2, -0.15) is 0 Å². The van der Waals surface area contributed by atoms with Crippen LogP contribution in [0.1, 0.15) is 40.0 Å². The molecule has 0 aliphatic carbocycles. The Kier molecular flexibility index (Phi) is 6.08. The van der Waals surface area contributed by atoms with Crippen molar-refractivity contribution in [3.8, 4) is 0 Å². The van der Waals surface area contributed by atoms with Crippen molar-refractivity contribution in [3.05, 3.63) is 0 Å². The molecule has 108 valence electrons. The molecule has 1 fully saturated rings. The number of sulfone groups is 1. The number of likely N-dealkylation sites (N-methyl/N-ethyl adjacent to an activating group) is 1. The topological polar surface area (TPSA) is 49.4 Å². The number of nitrogens with zero attached hydrogens (tertiary/aromatic N) is 1. The van der Waals surface area contributed by atoms with Crippen molar-refractivity contribution in [1.29, 1.82) is 0 Å². The zero-order chi connectivity index (χ0) is 13.8. The van der Waals surface area contributed by atoms with Gasteiger partial charge < -0.3 is 5.32 Å². The van der Waals surface area contributed by atoms with E-state index < -0.39 is 9.84 Å². The van der Waals surface area contributed by atoms with E-state index in [1.807, 2.05) is 7.05 Å². The van der Waals surface area contributed by atoms with Crippen molar-refractivity contribution < 1.29 is 8.42 Å². The van der Waals surface area contributed by atoms with E-state index in [9.17, 15) is 8.42 Å². The van der Waals surface area contributed by atoms with Crippen LogP contribution in [0, 0.1) is 0 Å². The van der Waals surface area contributed by atoms with E-state index in [4.69, 9.17) is 0 Å². The van der Waals surface area contributed by atoms with Crippen molar-refractivity contribution in [2.45, 2.75) is 58.2 Å². The number of hydrogen-bond acceptors (Lipinski definition) is 4. The molecule has 1 aliphatic heterocycles. The molecule has 0 spiro atoms. The molecule has 0 radical (unpaired) electrons. The summed E-state index contributed by atoms with van der Waals surface area (Å²) in [6, 6.07) is 1.12. The highest BCUT2D eigenvalue weighted by Gasteiger charge is 2.32. The Bertz CT molecular complexity index is 343. The zero-order valence-electron chi connectivity index (χ0n) is 12.1. The van der Waals surface area contributed by atoms with Gasteiger partial charge in [0.2, 0.25) is 0 Å². The average molecular weight is 276 g/mol. The molecule has 5 heteroatoms. The molecule has 0 aromatic carbocycles. The van der Waals surface area contributed by atoms with Crippen molar-refractivity contribution in [2.24, 2.45) is 0 Å². The number of nitrogens with one attached hydrogen (secondary N) is 1. The Morgan fingerprint density at radius 1 is 1.39 bits per heavy atom. The van der Waals surface area contributed by atoms with Crippen LogP contribution in [0.5, 0.6) is 0 Å². The standard InChI is InChI=1S/C13H28N2O2S/c1-5-6-11(2)14-9-12(3)15(4)13-7-8-18(16,17)10-13/h11-14H,5-10H2,1-4H3. The summed E-state index contributed by atoms with van der Waals surface area (Å²) < 4.78 is 23.0. The summed E-state index contributed by atoms with van der Waals surface area (Å²) in [4.78, 5) is 2.22. The molecule has 1 rings (SSSR count). The van der Waals surface area contributed by atoms with Crippen LogP contribution in [-0.4, -0.2) is 56.5 Å². The Labute approximate surface area is 112 Å². The lowest BCUT2D eigenvalue weighted by Crippen LogP contribution is -2.46. The fraction of sp³-hybridized carbons (Fsp3) is 1.00. The largest absolute Gasteiger partial charge is 0.313 e. The minimum absolute atomic E-state index is 0.202. The van der Waals surface area contributed by atoms with E-state index in [0.717, 1.165) is 13.0 Å². The fourth-order valence-corrected chi connectivity index (χ4v) is 4.29. The van der Waals surface area contributed by atoms with Crippen LogP contribution in [0.15, 0.2) is 0 Å². The summed E-state index contributed by atoms with van der Waals surface area (Å²) in [7, 11) is -0.732. The van der Waals surface area contributed by atoms with Crippen LogP contribution in [0.25, 0.3) is 0 Å². The van der Waals surface area contributed by atoms with Crippen LogP contribution < -0.4 is 5.32 Å². The predicted octanol–water partition coefficient (Wildman–Crippen LogP) is 1.27. The molecule has 3 unspecified atom stereocenters. The van der Waals surface area contributed by atoms with Gasteiger partial charge in [0.25, 0.3) is 0 Å². The summed E-state index contributed by atoms with van der Waals surface area (Å²) in [5.74, 6) is 0.687. The molecular formula is C13H28N2O2S.